The lowest BCUT2D eigenvalue weighted by molar-refractivity contribution is -0.130. The third-order valence-corrected chi connectivity index (χ3v) is 6.41. The Morgan fingerprint density at radius 1 is 1.03 bits per heavy atom. The lowest BCUT2D eigenvalue weighted by Gasteiger charge is -2.36. The van der Waals surface area contributed by atoms with Crippen LogP contribution in [0.25, 0.3) is 0 Å². The molecule has 2 saturated heterocycles. The fourth-order valence-corrected chi connectivity index (χ4v) is 4.44. The van der Waals surface area contributed by atoms with Crippen LogP contribution in [-0.2, 0) is 23.8 Å². The van der Waals surface area contributed by atoms with Gasteiger partial charge in [-0.25, -0.2) is 14.4 Å². The molecule has 0 spiro atoms. The summed E-state index contributed by atoms with van der Waals surface area (Å²) in [5, 5.41) is 5.47. The zero-order valence-electron chi connectivity index (χ0n) is 20.7. The molecular weight excluding hydrogens is 472 g/mol. The highest BCUT2D eigenvalue weighted by Gasteiger charge is 2.39. The number of nitrogens with zero attached hydrogens (tertiary/aromatic N) is 2. The molecule has 0 bridgehead atoms. The Labute approximate surface area is 209 Å². The van der Waals surface area contributed by atoms with Gasteiger partial charge in [-0.05, 0) is 31.0 Å². The van der Waals surface area contributed by atoms with E-state index in [0.29, 0.717) is 45.6 Å². The lowest BCUT2D eigenvalue weighted by Crippen LogP contribution is -2.48. The summed E-state index contributed by atoms with van der Waals surface area (Å²) in [5.74, 6) is -1.88. The molecule has 0 aliphatic carbocycles. The number of likely N-dealkylation sites (tertiary alicyclic amines) is 2. The Hall–Kier alpha value is -3.67. The molecule has 2 N–H and O–H groups in total. The number of hydrogen-bond acceptors (Lipinski definition) is 8. The van der Waals surface area contributed by atoms with Gasteiger partial charge in [0.15, 0.2) is 0 Å². The van der Waals surface area contributed by atoms with Crippen molar-refractivity contribution in [2.24, 2.45) is 5.92 Å². The van der Waals surface area contributed by atoms with Crippen LogP contribution >= 0.6 is 0 Å². The van der Waals surface area contributed by atoms with E-state index in [2.05, 4.69) is 10.6 Å². The van der Waals surface area contributed by atoms with Crippen molar-refractivity contribution < 1.29 is 38.2 Å². The molecule has 2 fully saturated rings. The third-order valence-electron chi connectivity index (χ3n) is 6.41. The number of carbonyl (C=O) groups is 5. The maximum Gasteiger partial charge on any atom is 0.339 e. The molecule has 1 atom stereocenters. The summed E-state index contributed by atoms with van der Waals surface area (Å²) in [5.41, 5.74) is 0.410. The number of urea groups is 1. The molecule has 3 rings (SSSR count). The van der Waals surface area contributed by atoms with Crippen LogP contribution in [0.4, 0.5) is 10.5 Å². The van der Waals surface area contributed by atoms with Gasteiger partial charge >= 0.3 is 18.0 Å². The van der Waals surface area contributed by atoms with Crippen LogP contribution in [-0.4, -0.2) is 99.7 Å². The normalized spacial score (nSPS) is 18.1. The van der Waals surface area contributed by atoms with Crippen molar-refractivity contribution in [3.63, 3.8) is 0 Å². The third kappa shape index (κ3) is 6.30. The van der Waals surface area contributed by atoms with Gasteiger partial charge in [-0.15, -0.1) is 0 Å². The molecule has 2 aliphatic rings. The number of rotatable bonds is 8. The minimum atomic E-state index is -0.659. The number of esters is 2. The Kier molecular flexibility index (Phi) is 9.23. The Morgan fingerprint density at radius 3 is 2.36 bits per heavy atom. The van der Waals surface area contributed by atoms with Crippen molar-refractivity contribution in [2.45, 2.75) is 25.3 Å². The first-order valence-corrected chi connectivity index (χ1v) is 11.7. The molecule has 12 heteroatoms. The van der Waals surface area contributed by atoms with Crippen LogP contribution in [0.15, 0.2) is 18.2 Å². The van der Waals surface area contributed by atoms with Crippen LogP contribution < -0.4 is 10.6 Å². The second-order valence-corrected chi connectivity index (χ2v) is 8.62. The fraction of sp³-hybridized carbons (Fsp3) is 0.542. The first-order chi connectivity index (χ1) is 17.3. The molecule has 4 amide bonds. The molecule has 36 heavy (non-hydrogen) atoms. The summed E-state index contributed by atoms with van der Waals surface area (Å²) in [6.07, 6.45) is 1.29. The van der Waals surface area contributed by atoms with Crippen molar-refractivity contribution in [3.8, 4) is 0 Å². The Bertz CT molecular complexity index is 1010. The topological polar surface area (TPSA) is 144 Å². The smallest absolute Gasteiger partial charge is 0.339 e. The maximum absolute atomic E-state index is 12.9. The van der Waals surface area contributed by atoms with Crippen molar-refractivity contribution >= 4 is 35.5 Å². The standard InChI is InChI=1S/C24H32N4O8/c1-34-11-8-25-21(30)16-13-20(29)28(14-16)17-6-9-27(10-7-17)24(33)26-19-12-15(22(31)35-2)4-5-18(19)23(32)36-3/h4-5,12,16-17H,6-11,13-14H2,1-3H3,(H,25,30)(H,26,33)/t16-/m1/s1. The lowest BCUT2D eigenvalue weighted by atomic mass is 10.0. The van der Waals surface area contributed by atoms with Crippen LogP contribution in [0.1, 0.15) is 40.0 Å². The number of nitrogens with one attached hydrogen (secondary N) is 2. The molecule has 196 valence electrons. The molecule has 0 aromatic heterocycles. The number of benzene rings is 1. The summed E-state index contributed by atoms with van der Waals surface area (Å²) < 4.78 is 14.4. The van der Waals surface area contributed by atoms with Crippen molar-refractivity contribution in [3.05, 3.63) is 29.3 Å². The number of hydrogen-bond donors (Lipinski definition) is 2. The highest BCUT2D eigenvalue weighted by molar-refractivity contribution is 6.03. The highest BCUT2D eigenvalue weighted by Crippen LogP contribution is 2.27. The maximum atomic E-state index is 12.9. The van der Waals surface area contributed by atoms with Gasteiger partial charge in [0, 0.05) is 45.8 Å². The highest BCUT2D eigenvalue weighted by atomic mass is 16.5. The predicted molar refractivity (Wildman–Crippen MR) is 127 cm³/mol. The van der Waals surface area contributed by atoms with E-state index in [1.54, 1.807) is 16.9 Å². The van der Waals surface area contributed by atoms with Crippen molar-refractivity contribution in [2.75, 3.05) is 59.4 Å². The summed E-state index contributed by atoms with van der Waals surface area (Å²) >= 11 is 0. The van der Waals surface area contributed by atoms with Gasteiger partial charge in [0.05, 0.1) is 43.6 Å². The van der Waals surface area contributed by atoms with E-state index in [1.807, 2.05) is 0 Å². The first-order valence-electron chi connectivity index (χ1n) is 11.7. The summed E-state index contributed by atoms with van der Waals surface area (Å²) in [6, 6.07) is 3.66. The Balaban J connectivity index is 1.59. The number of methoxy groups -OCH3 is 3. The molecular formula is C24H32N4O8. The van der Waals surface area contributed by atoms with Gasteiger partial charge < -0.3 is 34.6 Å². The van der Waals surface area contributed by atoms with E-state index < -0.39 is 23.9 Å². The van der Waals surface area contributed by atoms with Gasteiger partial charge in [0.2, 0.25) is 11.8 Å². The SMILES string of the molecule is COCCNC(=O)[C@@H]1CC(=O)N(C2CCN(C(=O)Nc3cc(C(=O)OC)ccc3C(=O)OC)CC2)C1. The summed E-state index contributed by atoms with van der Waals surface area (Å²) in [7, 11) is 4.01. The molecule has 2 heterocycles. The summed E-state index contributed by atoms with van der Waals surface area (Å²) in [4.78, 5) is 65.2. The predicted octanol–water partition coefficient (Wildman–Crippen LogP) is 0.867. The zero-order valence-corrected chi connectivity index (χ0v) is 20.7. The van der Waals surface area contributed by atoms with Gasteiger partial charge in [0.1, 0.15) is 0 Å². The van der Waals surface area contributed by atoms with Gasteiger partial charge in [-0.3, -0.25) is 9.59 Å². The molecule has 0 saturated carbocycles. The van der Waals surface area contributed by atoms with E-state index in [1.165, 1.54) is 32.4 Å². The zero-order chi connectivity index (χ0) is 26.2. The van der Waals surface area contributed by atoms with Gasteiger partial charge in [-0.1, -0.05) is 0 Å². The minimum absolute atomic E-state index is 0.0628. The number of anilines is 1. The molecule has 1 aromatic carbocycles. The van der Waals surface area contributed by atoms with Crippen LogP contribution in [0, 0.1) is 5.92 Å². The van der Waals surface area contributed by atoms with Crippen LogP contribution in [0.2, 0.25) is 0 Å². The van der Waals surface area contributed by atoms with E-state index in [-0.39, 0.29) is 41.1 Å². The fourth-order valence-electron chi connectivity index (χ4n) is 4.44. The van der Waals surface area contributed by atoms with E-state index in [0.717, 1.165) is 0 Å². The number of piperidine rings is 1. The van der Waals surface area contributed by atoms with Crippen molar-refractivity contribution in [1.29, 1.82) is 0 Å². The average molecular weight is 505 g/mol. The van der Waals surface area contributed by atoms with Crippen LogP contribution in [0.3, 0.4) is 0 Å². The first kappa shape index (κ1) is 26.9. The molecule has 12 nitrogen and oxygen atoms in total. The van der Waals surface area contributed by atoms with E-state index in [4.69, 9.17) is 14.2 Å². The second kappa shape index (κ2) is 12.3. The molecule has 1 aromatic rings. The monoisotopic (exact) mass is 504 g/mol. The average Bonchev–Trinajstić information content (AvgIpc) is 3.29. The van der Waals surface area contributed by atoms with E-state index >= 15 is 0 Å². The van der Waals surface area contributed by atoms with Gasteiger partial charge in [-0.2, -0.15) is 0 Å². The number of amides is 4. The van der Waals surface area contributed by atoms with Gasteiger partial charge in [0.25, 0.3) is 0 Å². The quantitative estimate of drug-likeness (QED) is 0.392. The number of carbonyl (C=O) groups excluding carboxylic acids is 5. The summed E-state index contributed by atoms with van der Waals surface area (Å²) in [6.45, 7) is 1.93. The molecule has 0 unspecified atom stereocenters. The van der Waals surface area contributed by atoms with Crippen molar-refractivity contribution in [1.82, 2.24) is 15.1 Å². The molecule has 0 radical (unpaired) electrons. The Morgan fingerprint density at radius 2 is 1.72 bits per heavy atom. The number of ether oxygens (including phenoxy) is 3. The largest absolute Gasteiger partial charge is 0.465 e. The minimum Gasteiger partial charge on any atom is -0.465 e. The van der Waals surface area contributed by atoms with E-state index in [9.17, 15) is 24.0 Å². The molecule has 2 aliphatic heterocycles. The second-order valence-electron chi connectivity index (χ2n) is 8.62. The van der Waals surface area contributed by atoms with Crippen LogP contribution in [0.5, 0.6) is 0 Å².